The van der Waals surface area contributed by atoms with Gasteiger partial charge in [-0.05, 0) is 36.5 Å². The Hall–Kier alpha value is -0.370. The molecular weight excluding hydrogens is 186 g/mol. The molecule has 0 N–H and O–H groups in total. The van der Waals surface area contributed by atoms with Crippen LogP contribution in [0.5, 0.6) is 0 Å². The number of hydrogen-bond acceptors (Lipinski definition) is 2. The summed E-state index contributed by atoms with van der Waals surface area (Å²) in [7, 11) is 0. The maximum Gasteiger partial charge on any atom is 0.112 e. The van der Waals surface area contributed by atoms with E-state index in [0.717, 1.165) is 12.8 Å². The molecule has 2 saturated carbocycles. The molecule has 3 rings (SSSR count). The van der Waals surface area contributed by atoms with Crippen molar-refractivity contribution in [3.8, 4) is 0 Å². The molecule has 0 aromatic rings. The fourth-order valence-electron chi connectivity index (χ4n) is 3.62. The maximum absolute atomic E-state index is 10.6. The van der Waals surface area contributed by atoms with Crippen LogP contribution in [0.1, 0.15) is 12.8 Å². The number of hydrogen-bond donors (Lipinski definition) is 0. The van der Waals surface area contributed by atoms with E-state index in [1.165, 1.54) is 0 Å². The van der Waals surface area contributed by atoms with Crippen molar-refractivity contribution >= 4 is 11.6 Å². The Kier molecular flexibility index (Phi) is 1.58. The van der Waals surface area contributed by atoms with Gasteiger partial charge in [0.15, 0.2) is 0 Å². The molecule has 3 heteroatoms. The monoisotopic (exact) mass is 197 g/mol. The van der Waals surface area contributed by atoms with Crippen LogP contribution in [0.3, 0.4) is 0 Å². The van der Waals surface area contributed by atoms with Crippen LogP contribution in [-0.4, -0.2) is 11.4 Å². The summed E-state index contributed by atoms with van der Waals surface area (Å²) >= 11 is 6.21. The van der Waals surface area contributed by atoms with Crippen LogP contribution in [0.25, 0.3) is 0 Å². The summed E-state index contributed by atoms with van der Waals surface area (Å²) in [5.74, 6) is 2.34. The van der Waals surface area contributed by atoms with Crippen molar-refractivity contribution in [1.82, 2.24) is 0 Å². The molecule has 0 heterocycles. The zero-order valence-electron chi connectivity index (χ0n) is 7.27. The van der Waals surface area contributed by atoms with Gasteiger partial charge in [0.05, 0.1) is 5.38 Å². The van der Waals surface area contributed by atoms with Gasteiger partial charge in [-0.2, -0.15) is 4.91 Å². The van der Waals surface area contributed by atoms with Crippen molar-refractivity contribution in [3.05, 3.63) is 17.1 Å². The third-order valence-electron chi connectivity index (χ3n) is 4.15. The highest BCUT2D eigenvalue weighted by Gasteiger charge is 2.58. The van der Waals surface area contributed by atoms with Crippen LogP contribution in [0.4, 0.5) is 0 Å². The molecule has 6 atom stereocenters. The highest BCUT2D eigenvalue weighted by molar-refractivity contribution is 6.21. The number of nitroso groups, excluding NO2 is 1. The topological polar surface area (TPSA) is 29.4 Å². The van der Waals surface area contributed by atoms with Gasteiger partial charge in [-0.15, -0.1) is 11.6 Å². The molecule has 0 spiro atoms. The van der Waals surface area contributed by atoms with E-state index >= 15 is 0 Å². The van der Waals surface area contributed by atoms with Gasteiger partial charge in [0, 0.05) is 0 Å². The molecule has 0 aromatic carbocycles. The second-order valence-corrected chi connectivity index (χ2v) is 5.01. The van der Waals surface area contributed by atoms with E-state index in [2.05, 4.69) is 17.3 Å². The van der Waals surface area contributed by atoms with Gasteiger partial charge >= 0.3 is 0 Å². The Morgan fingerprint density at radius 2 is 2.15 bits per heavy atom. The Bertz CT molecular complexity index is 278. The van der Waals surface area contributed by atoms with Crippen molar-refractivity contribution < 1.29 is 0 Å². The summed E-state index contributed by atoms with van der Waals surface area (Å²) in [6.45, 7) is 0. The lowest BCUT2D eigenvalue weighted by Crippen LogP contribution is -2.35. The van der Waals surface area contributed by atoms with Crippen molar-refractivity contribution in [3.63, 3.8) is 0 Å². The summed E-state index contributed by atoms with van der Waals surface area (Å²) < 4.78 is 0. The molecule has 2 bridgehead atoms. The molecule has 2 nitrogen and oxygen atoms in total. The van der Waals surface area contributed by atoms with Crippen LogP contribution in [0.15, 0.2) is 17.3 Å². The van der Waals surface area contributed by atoms with Crippen LogP contribution >= 0.6 is 11.6 Å². The third-order valence-corrected chi connectivity index (χ3v) is 4.73. The van der Waals surface area contributed by atoms with Gasteiger partial charge < -0.3 is 0 Å². The van der Waals surface area contributed by atoms with E-state index in [1.807, 2.05) is 0 Å². The average Bonchev–Trinajstić information content (AvgIpc) is 2.71. The van der Waals surface area contributed by atoms with E-state index < -0.39 is 0 Å². The zero-order valence-corrected chi connectivity index (χ0v) is 8.02. The molecule has 0 saturated heterocycles. The summed E-state index contributed by atoms with van der Waals surface area (Å²) in [4.78, 5) is 10.6. The third kappa shape index (κ3) is 0.850. The van der Waals surface area contributed by atoms with Gasteiger partial charge in [-0.3, -0.25) is 0 Å². The van der Waals surface area contributed by atoms with Gasteiger partial charge in [0.25, 0.3) is 0 Å². The van der Waals surface area contributed by atoms with Crippen molar-refractivity contribution in [1.29, 1.82) is 0 Å². The summed E-state index contributed by atoms with van der Waals surface area (Å²) in [5.41, 5.74) is 0. The first kappa shape index (κ1) is 7.98. The molecule has 3 aliphatic rings. The fourth-order valence-corrected chi connectivity index (χ4v) is 4.12. The lowest BCUT2D eigenvalue weighted by atomic mass is 9.79. The van der Waals surface area contributed by atoms with E-state index in [1.54, 1.807) is 0 Å². The number of allylic oxidation sites excluding steroid dienone is 2. The molecule has 2 unspecified atom stereocenters. The first-order valence-electron chi connectivity index (χ1n) is 4.96. The highest BCUT2D eigenvalue weighted by atomic mass is 35.5. The average molecular weight is 198 g/mol. The lowest BCUT2D eigenvalue weighted by molar-refractivity contribution is 0.259. The quantitative estimate of drug-likeness (QED) is 0.361. The van der Waals surface area contributed by atoms with E-state index in [4.69, 9.17) is 11.6 Å². The Morgan fingerprint density at radius 1 is 1.31 bits per heavy atom. The molecular formula is C10H12ClNO. The molecule has 2 fully saturated rings. The smallest absolute Gasteiger partial charge is 0.112 e. The fraction of sp³-hybridized carbons (Fsp3) is 0.800. The minimum Gasteiger partial charge on any atom is -0.150 e. The second kappa shape index (κ2) is 2.57. The number of rotatable bonds is 1. The van der Waals surface area contributed by atoms with Gasteiger partial charge in [0.1, 0.15) is 6.04 Å². The van der Waals surface area contributed by atoms with Crippen LogP contribution in [0.2, 0.25) is 0 Å². The Labute approximate surface area is 82.3 Å². The Morgan fingerprint density at radius 3 is 2.92 bits per heavy atom. The van der Waals surface area contributed by atoms with E-state index in [0.29, 0.717) is 23.7 Å². The van der Waals surface area contributed by atoms with Crippen LogP contribution < -0.4 is 0 Å². The number of fused-ring (bicyclic) bond motifs is 5. The standard InChI is InChI=1S/C10H12ClNO/c11-9-7-4-8(10(9)12-13)6-3-1-2-5(6)7/h1-2,5-10H,3-4H2/t5?,6?,7-,8+,9-,10+/m1/s1. The van der Waals surface area contributed by atoms with E-state index in [-0.39, 0.29) is 11.4 Å². The molecule has 3 aliphatic carbocycles. The van der Waals surface area contributed by atoms with Crippen LogP contribution in [-0.2, 0) is 0 Å². The maximum atomic E-state index is 10.6. The molecule has 0 radical (unpaired) electrons. The van der Waals surface area contributed by atoms with Gasteiger partial charge in [-0.1, -0.05) is 17.3 Å². The first-order chi connectivity index (χ1) is 6.33. The largest absolute Gasteiger partial charge is 0.150 e. The van der Waals surface area contributed by atoms with Crippen LogP contribution in [0, 0.1) is 28.6 Å². The summed E-state index contributed by atoms with van der Waals surface area (Å²) in [5, 5.41) is 3.21. The summed E-state index contributed by atoms with van der Waals surface area (Å²) in [6.07, 6.45) is 6.81. The predicted molar refractivity (Wildman–Crippen MR) is 51.6 cm³/mol. The molecule has 0 aliphatic heterocycles. The van der Waals surface area contributed by atoms with Gasteiger partial charge in [0.2, 0.25) is 0 Å². The highest BCUT2D eigenvalue weighted by Crippen LogP contribution is 2.58. The molecule has 70 valence electrons. The number of halogens is 1. The molecule has 0 amide bonds. The predicted octanol–water partition coefficient (Wildman–Crippen LogP) is 2.57. The summed E-state index contributed by atoms with van der Waals surface area (Å²) in [6, 6.07) is -0.104. The molecule has 13 heavy (non-hydrogen) atoms. The molecule has 0 aromatic heterocycles. The minimum atomic E-state index is -0.104. The van der Waals surface area contributed by atoms with Crippen molar-refractivity contribution in [2.75, 3.05) is 0 Å². The number of nitrogens with zero attached hydrogens (tertiary/aromatic N) is 1. The lowest BCUT2D eigenvalue weighted by Gasteiger charge is -2.30. The first-order valence-corrected chi connectivity index (χ1v) is 5.40. The normalized spacial score (nSPS) is 57.0. The Balaban J connectivity index is 1.94. The van der Waals surface area contributed by atoms with Crippen molar-refractivity contribution in [2.24, 2.45) is 28.8 Å². The van der Waals surface area contributed by atoms with Crippen molar-refractivity contribution in [2.45, 2.75) is 24.3 Å². The number of alkyl halides is 1. The SMILES string of the molecule is O=N[C@@H]1[C@H](Cl)[C@@H]2C[C@H]1C1CC=CC12. The minimum absolute atomic E-state index is 0.00602. The van der Waals surface area contributed by atoms with Gasteiger partial charge in [-0.25, -0.2) is 0 Å². The second-order valence-electron chi connectivity index (χ2n) is 4.51. The van der Waals surface area contributed by atoms with E-state index in [9.17, 15) is 4.91 Å². The zero-order chi connectivity index (χ0) is 9.00.